The van der Waals surface area contributed by atoms with Gasteiger partial charge in [-0.2, -0.15) is 0 Å². The molecule has 0 aromatic carbocycles. The number of carbonyl (C=O) groups is 1. The van der Waals surface area contributed by atoms with Gasteiger partial charge in [0.2, 0.25) is 5.91 Å². The lowest BCUT2D eigenvalue weighted by Crippen LogP contribution is -2.42. The van der Waals surface area contributed by atoms with Crippen molar-refractivity contribution in [2.75, 3.05) is 12.4 Å². The van der Waals surface area contributed by atoms with Gasteiger partial charge >= 0.3 is 0 Å². The number of hydrogen-bond acceptors (Lipinski definition) is 5. The van der Waals surface area contributed by atoms with Crippen molar-refractivity contribution in [1.29, 1.82) is 0 Å². The van der Waals surface area contributed by atoms with E-state index in [1.807, 2.05) is 26.2 Å². The van der Waals surface area contributed by atoms with Gasteiger partial charge in [-0.15, -0.1) is 23.1 Å². The minimum Gasteiger partial charge on any atom is -0.394 e. The number of aliphatic hydroxyl groups excluding tert-OH is 1. The molecule has 0 aliphatic rings. The third kappa shape index (κ3) is 5.37. The van der Waals surface area contributed by atoms with Gasteiger partial charge in [0.25, 0.3) is 0 Å². The lowest BCUT2D eigenvalue weighted by molar-refractivity contribution is -0.119. The first-order valence-electron chi connectivity index (χ1n) is 5.92. The highest BCUT2D eigenvalue weighted by atomic mass is 32.2. The molecule has 0 aliphatic carbocycles. The number of thiazole rings is 1. The lowest BCUT2D eigenvalue weighted by Gasteiger charge is -2.19. The Morgan fingerprint density at radius 2 is 2.33 bits per heavy atom. The molecule has 1 rings (SSSR count). The molecule has 18 heavy (non-hydrogen) atoms. The predicted molar refractivity (Wildman–Crippen MR) is 76.9 cm³/mol. The number of nitrogens with zero attached hydrogens (tertiary/aromatic N) is 1. The maximum Gasteiger partial charge on any atom is 0.230 e. The Labute approximate surface area is 116 Å². The number of amides is 1. The lowest BCUT2D eigenvalue weighted by atomic mass is 10.1. The molecule has 102 valence electrons. The van der Waals surface area contributed by atoms with Crippen LogP contribution in [0.4, 0.5) is 0 Å². The summed E-state index contributed by atoms with van der Waals surface area (Å²) in [4.78, 5) is 16.0. The number of hydrogen-bond donors (Lipinski definition) is 2. The van der Waals surface area contributed by atoms with E-state index in [1.165, 1.54) is 0 Å². The van der Waals surface area contributed by atoms with Crippen LogP contribution >= 0.6 is 23.1 Å². The van der Waals surface area contributed by atoms with Crippen molar-refractivity contribution in [3.8, 4) is 0 Å². The Balaban J connectivity index is 2.24. The molecule has 0 saturated carbocycles. The van der Waals surface area contributed by atoms with Crippen LogP contribution in [0, 0.1) is 12.8 Å². The minimum atomic E-state index is -0.153. The largest absolute Gasteiger partial charge is 0.394 e. The molecule has 1 heterocycles. The number of aliphatic hydroxyl groups is 1. The van der Waals surface area contributed by atoms with Gasteiger partial charge in [0.05, 0.1) is 29.1 Å². The van der Waals surface area contributed by atoms with Gasteiger partial charge in [-0.3, -0.25) is 4.79 Å². The van der Waals surface area contributed by atoms with Gasteiger partial charge in [0, 0.05) is 11.1 Å². The Morgan fingerprint density at radius 1 is 1.61 bits per heavy atom. The number of carbonyl (C=O) groups excluding carboxylic acids is 1. The summed E-state index contributed by atoms with van der Waals surface area (Å²) in [5, 5.41) is 15.0. The molecule has 1 unspecified atom stereocenters. The van der Waals surface area contributed by atoms with Crippen molar-refractivity contribution in [2.45, 2.75) is 32.6 Å². The molecular weight excluding hydrogens is 268 g/mol. The van der Waals surface area contributed by atoms with E-state index >= 15 is 0 Å². The van der Waals surface area contributed by atoms with Crippen LogP contribution in [0.5, 0.6) is 0 Å². The topological polar surface area (TPSA) is 62.2 Å². The molecule has 1 aromatic rings. The number of aromatic nitrogens is 1. The van der Waals surface area contributed by atoms with Gasteiger partial charge in [-0.05, 0) is 12.8 Å². The van der Waals surface area contributed by atoms with E-state index in [9.17, 15) is 4.79 Å². The molecule has 2 N–H and O–H groups in total. The molecule has 1 amide bonds. The fraction of sp³-hybridized carbons (Fsp3) is 0.667. The minimum absolute atomic E-state index is 0.0145. The van der Waals surface area contributed by atoms with Crippen LogP contribution in [0.1, 0.15) is 24.5 Å². The first-order valence-corrected chi connectivity index (χ1v) is 7.95. The molecule has 0 fully saturated rings. The van der Waals surface area contributed by atoms with E-state index in [4.69, 9.17) is 5.11 Å². The zero-order valence-electron chi connectivity index (χ0n) is 11.0. The maximum atomic E-state index is 11.7. The summed E-state index contributed by atoms with van der Waals surface area (Å²) in [5.41, 5.74) is 1.03. The Bertz CT molecular complexity index is 380. The molecular formula is C12H20N2O2S2. The summed E-state index contributed by atoms with van der Waals surface area (Å²) in [6, 6.07) is -0.153. The van der Waals surface area contributed by atoms with Gasteiger partial charge in [-0.25, -0.2) is 4.98 Å². The van der Waals surface area contributed by atoms with E-state index in [0.29, 0.717) is 5.75 Å². The summed E-state index contributed by atoms with van der Waals surface area (Å²) in [7, 11) is 0. The second-order valence-corrected chi connectivity index (χ2v) is 6.50. The molecule has 0 saturated heterocycles. The van der Waals surface area contributed by atoms with Crippen molar-refractivity contribution >= 4 is 29.0 Å². The number of nitrogens with one attached hydrogen (secondary N) is 1. The fourth-order valence-electron chi connectivity index (χ4n) is 1.39. The van der Waals surface area contributed by atoms with Gasteiger partial charge in [0.15, 0.2) is 0 Å². The number of rotatable bonds is 7. The van der Waals surface area contributed by atoms with Gasteiger partial charge in [-0.1, -0.05) is 13.8 Å². The zero-order valence-corrected chi connectivity index (χ0v) is 12.6. The Hall–Kier alpha value is -0.590. The quantitative estimate of drug-likeness (QED) is 0.803. The average molecular weight is 288 g/mol. The smallest absolute Gasteiger partial charge is 0.230 e. The third-order valence-corrected chi connectivity index (χ3v) is 4.29. The molecule has 4 nitrogen and oxygen atoms in total. The highest BCUT2D eigenvalue weighted by molar-refractivity contribution is 7.99. The van der Waals surface area contributed by atoms with Crippen molar-refractivity contribution in [3.05, 3.63) is 16.1 Å². The highest BCUT2D eigenvalue weighted by Crippen LogP contribution is 2.15. The molecule has 1 atom stereocenters. The summed E-state index contributed by atoms with van der Waals surface area (Å²) < 4.78 is 0. The van der Waals surface area contributed by atoms with Crippen LogP contribution in [0.25, 0.3) is 0 Å². The van der Waals surface area contributed by atoms with E-state index in [2.05, 4.69) is 10.3 Å². The van der Waals surface area contributed by atoms with Crippen LogP contribution < -0.4 is 5.32 Å². The van der Waals surface area contributed by atoms with Crippen molar-refractivity contribution in [1.82, 2.24) is 10.3 Å². The Morgan fingerprint density at radius 3 is 2.83 bits per heavy atom. The summed E-state index contributed by atoms with van der Waals surface area (Å²) in [6.07, 6.45) is 0. The van der Waals surface area contributed by atoms with E-state index in [1.54, 1.807) is 23.1 Å². The molecule has 1 aromatic heterocycles. The normalized spacial score (nSPS) is 12.7. The van der Waals surface area contributed by atoms with E-state index in [0.717, 1.165) is 16.5 Å². The molecule has 6 heteroatoms. The molecule has 0 bridgehead atoms. The SMILES string of the molecule is Cc1nc(CSCC(=O)NC(CO)C(C)C)cs1. The summed E-state index contributed by atoms with van der Waals surface area (Å²) in [6.45, 7) is 5.91. The standard InChI is InChI=1S/C12H20N2O2S2/c1-8(2)11(4-15)14-12(16)7-17-5-10-6-18-9(3)13-10/h6,8,11,15H,4-5,7H2,1-3H3,(H,14,16). The summed E-state index contributed by atoms with van der Waals surface area (Å²) in [5.74, 6) is 1.37. The fourth-order valence-corrected chi connectivity index (χ4v) is 2.84. The van der Waals surface area contributed by atoms with E-state index < -0.39 is 0 Å². The monoisotopic (exact) mass is 288 g/mol. The van der Waals surface area contributed by atoms with Crippen molar-refractivity contribution < 1.29 is 9.90 Å². The molecule has 0 radical (unpaired) electrons. The van der Waals surface area contributed by atoms with Crippen molar-refractivity contribution in [3.63, 3.8) is 0 Å². The van der Waals surface area contributed by atoms with Gasteiger partial charge in [0.1, 0.15) is 0 Å². The second kappa shape index (κ2) is 7.76. The first-order chi connectivity index (χ1) is 8.52. The van der Waals surface area contributed by atoms with Crippen molar-refractivity contribution in [2.24, 2.45) is 5.92 Å². The first kappa shape index (κ1) is 15.5. The van der Waals surface area contributed by atoms with E-state index in [-0.39, 0.29) is 24.5 Å². The van der Waals surface area contributed by atoms with Crippen LogP contribution in [-0.4, -0.2) is 34.4 Å². The second-order valence-electron chi connectivity index (χ2n) is 4.45. The van der Waals surface area contributed by atoms with Crippen LogP contribution in [0.3, 0.4) is 0 Å². The zero-order chi connectivity index (χ0) is 13.5. The Kier molecular flexibility index (Phi) is 6.67. The average Bonchev–Trinajstić information content (AvgIpc) is 2.71. The van der Waals surface area contributed by atoms with Crippen LogP contribution in [0.2, 0.25) is 0 Å². The van der Waals surface area contributed by atoms with Gasteiger partial charge < -0.3 is 10.4 Å². The van der Waals surface area contributed by atoms with Crippen LogP contribution in [0.15, 0.2) is 5.38 Å². The molecule has 0 spiro atoms. The maximum absolute atomic E-state index is 11.7. The van der Waals surface area contributed by atoms with Crippen LogP contribution in [-0.2, 0) is 10.5 Å². The third-order valence-electron chi connectivity index (χ3n) is 2.50. The highest BCUT2D eigenvalue weighted by Gasteiger charge is 2.14. The predicted octanol–water partition coefficient (Wildman–Crippen LogP) is 1.82. The molecule has 0 aliphatic heterocycles. The summed E-state index contributed by atoms with van der Waals surface area (Å²) >= 11 is 3.17. The number of aryl methyl sites for hydroxylation is 1. The number of thioether (sulfide) groups is 1.